The predicted molar refractivity (Wildman–Crippen MR) is 58.9 cm³/mol. The Morgan fingerprint density at radius 2 is 2.00 bits per heavy atom. The van der Waals surface area contributed by atoms with E-state index in [2.05, 4.69) is 31.8 Å². The van der Waals surface area contributed by atoms with Gasteiger partial charge in [-0.2, -0.15) is 0 Å². The van der Waals surface area contributed by atoms with Crippen LogP contribution in [0.3, 0.4) is 0 Å². The minimum absolute atomic E-state index is 0.511. The van der Waals surface area contributed by atoms with Crippen LogP contribution in [0.4, 0.5) is 0 Å². The van der Waals surface area contributed by atoms with Gasteiger partial charge in [0.1, 0.15) is 0 Å². The largest absolute Gasteiger partial charge is 0.0938 e. The van der Waals surface area contributed by atoms with Crippen molar-refractivity contribution in [3.8, 4) is 0 Å². The summed E-state index contributed by atoms with van der Waals surface area (Å²) in [6.07, 6.45) is 6.67. The smallest absolute Gasteiger partial charge is 0.0527 e. The molecule has 4 bridgehead atoms. The van der Waals surface area contributed by atoms with Crippen LogP contribution in [0, 0.1) is 5.92 Å². The summed E-state index contributed by atoms with van der Waals surface area (Å²) in [7, 11) is -0.310. The van der Waals surface area contributed by atoms with Crippen molar-refractivity contribution in [1.82, 2.24) is 0 Å². The third-order valence-corrected chi connectivity index (χ3v) is 12.3. The van der Waals surface area contributed by atoms with E-state index in [-0.39, 0.29) is 0 Å². The fraction of sp³-hybridized carbons (Fsp3) is 0.800. The molecule has 4 aliphatic rings. The Balaban J connectivity index is 1.96. The Hall–Kier alpha value is 0.387. The first-order valence-corrected chi connectivity index (χ1v) is 10.2. The van der Waals surface area contributed by atoms with Gasteiger partial charge in [-0.25, -0.2) is 0 Å². The molecule has 0 aromatic heterocycles. The molecule has 5 atom stereocenters. The lowest BCUT2D eigenvalue weighted by molar-refractivity contribution is 0.623. The highest BCUT2D eigenvalue weighted by Crippen LogP contribution is 2.81. The van der Waals surface area contributed by atoms with Gasteiger partial charge in [0.2, 0.25) is 0 Å². The molecule has 0 amide bonds. The molecular formula is C10H17PSi. The van der Waals surface area contributed by atoms with Crippen LogP contribution in [0.15, 0.2) is 12.2 Å². The first-order chi connectivity index (χ1) is 5.59. The number of allylic oxidation sites excluding steroid dienone is 2. The molecule has 0 nitrogen and oxygen atoms in total. The molecule has 3 heterocycles. The van der Waals surface area contributed by atoms with Gasteiger partial charge in [0.15, 0.2) is 0 Å². The predicted octanol–water partition coefficient (Wildman–Crippen LogP) is 3.05. The molecule has 0 N–H and O–H groups in total. The van der Waals surface area contributed by atoms with Gasteiger partial charge >= 0.3 is 0 Å². The van der Waals surface area contributed by atoms with Gasteiger partial charge in [-0.3, -0.25) is 0 Å². The van der Waals surface area contributed by atoms with E-state index in [4.69, 9.17) is 0 Å². The second-order valence-corrected chi connectivity index (χ2v) is 14.2. The molecule has 0 radical (unpaired) electrons. The zero-order valence-corrected chi connectivity index (χ0v) is 10.0. The summed E-state index contributed by atoms with van der Waals surface area (Å²) in [6.45, 7) is 7.72. The summed E-state index contributed by atoms with van der Waals surface area (Å²) in [5.41, 5.74) is 2.30. The van der Waals surface area contributed by atoms with E-state index in [1.165, 1.54) is 10.9 Å². The third-order valence-electron chi connectivity index (χ3n) is 3.71. The molecule has 4 rings (SSSR count). The van der Waals surface area contributed by atoms with E-state index >= 15 is 0 Å². The van der Waals surface area contributed by atoms with Crippen LogP contribution < -0.4 is 0 Å². The zero-order valence-electron chi connectivity index (χ0n) is 8.12. The van der Waals surface area contributed by atoms with Crippen molar-refractivity contribution < 1.29 is 0 Å². The summed E-state index contributed by atoms with van der Waals surface area (Å²) < 4.78 is 0. The number of hydrogen-bond acceptors (Lipinski definition) is 0. The molecule has 12 heavy (non-hydrogen) atoms. The fourth-order valence-electron chi connectivity index (χ4n) is 3.36. The van der Waals surface area contributed by atoms with Crippen LogP contribution in [0.1, 0.15) is 6.42 Å². The molecule has 2 heteroatoms. The average Bonchev–Trinajstić information content (AvgIpc) is 2.55. The maximum Gasteiger partial charge on any atom is 0.0527 e. The normalized spacial score (nSPS) is 54.4. The van der Waals surface area contributed by atoms with E-state index < -0.39 is 8.07 Å². The molecule has 3 aliphatic heterocycles. The first-order valence-electron chi connectivity index (χ1n) is 5.05. The van der Waals surface area contributed by atoms with Crippen LogP contribution in [0.25, 0.3) is 0 Å². The Kier molecular flexibility index (Phi) is 1.34. The Morgan fingerprint density at radius 3 is 2.33 bits per heavy atom. The second kappa shape index (κ2) is 2.07. The quantitative estimate of drug-likeness (QED) is 0.343. The van der Waals surface area contributed by atoms with Crippen molar-refractivity contribution in [1.29, 1.82) is 0 Å². The topological polar surface area (TPSA) is 0 Å². The average molecular weight is 196 g/mol. The zero-order chi connectivity index (χ0) is 8.51. The summed E-state index contributed by atoms with van der Waals surface area (Å²) in [4.78, 5) is 0. The number of hydrogen-bond donors (Lipinski definition) is 0. The lowest BCUT2D eigenvalue weighted by Gasteiger charge is -2.34. The SMILES string of the molecule is C[Si](C)(C)C1[C@@H]2C=C[C@H]3C(C2)P13. The van der Waals surface area contributed by atoms with Crippen LogP contribution >= 0.6 is 7.92 Å². The lowest BCUT2D eigenvalue weighted by Crippen LogP contribution is -2.40. The Morgan fingerprint density at radius 1 is 1.25 bits per heavy atom. The Bertz CT molecular complexity index is 253. The standard InChI is InChI=1S/C10H17PSi/c1-12(2,3)10-7-4-5-8-9(6-7)11(8)10/h4-5,7-10H,6H2,1-3H3/t7-,8+,9?,10?,11?/m1/s1. The molecule has 0 aromatic rings. The van der Waals surface area contributed by atoms with Crippen molar-refractivity contribution in [2.24, 2.45) is 5.92 Å². The molecule has 66 valence electrons. The molecule has 1 aliphatic carbocycles. The molecular weight excluding hydrogens is 179 g/mol. The van der Waals surface area contributed by atoms with Gasteiger partial charge in [0, 0.05) is 5.66 Å². The van der Waals surface area contributed by atoms with Gasteiger partial charge in [0.25, 0.3) is 0 Å². The molecule has 2 fully saturated rings. The minimum atomic E-state index is -0.822. The fourth-order valence-corrected chi connectivity index (χ4v) is 12.9. The van der Waals surface area contributed by atoms with E-state index in [1.54, 1.807) is 6.42 Å². The van der Waals surface area contributed by atoms with E-state index in [0.717, 1.165) is 11.6 Å². The van der Waals surface area contributed by atoms with E-state index in [9.17, 15) is 0 Å². The molecule has 0 saturated carbocycles. The highest BCUT2D eigenvalue weighted by atomic mass is 31.1. The molecule has 3 unspecified atom stereocenters. The minimum Gasteiger partial charge on any atom is -0.0938 e. The number of rotatable bonds is 1. The van der Waals surface area contributed by atoms with Crippen molar-refractivity contribution in [2.45, 2.75) is 42.7 Å². The highest BCUT2D eigenvalue weighted by molar-refractivity contribution is 7.71. The first kappa shape index (κ1) is 7.76. The maximum absolute atomic E-state index is 2.57. The van der Waals surface area contributed by atoms with Gasteiger partial charge in [-0.1, -0.05) is 39.7 Å². The van der Waals surface area contributed by atoms with Crippen molar-refractivity contribution in [2.75, 3.05) is 0 Å². The highest BCUT2D eigenvalue weighted by Gasteiger charge is 2.64. The molecule has 0 spiro atoms. The van der Waals surface area contributed by atoms with Crippen LogP contribution in [-0.2, 0) is 0 Å². The molecule has 2 saturated heterocycles. The van der Waals surface area contributed by atoms with Crippen LogP contribution in [0.2, 0.25) is 19.6 Å². The van der Waals surface area contributed by atoms with E-state index in [0.29, 0.717) is 7.92 Å². The molecule has 0 aromatic carbocycles. The third kappa shape index (κ3) is 0.821. The van der Waals surface area contributed by atoms with Crippen LogP contribution in [0.5, 0.6) is 0 Å². The van der Waals surface area contributed by atoms with Gasteiger partial charge < -0.3 is 0 Å². The Labute approximate surface area is 77.2 Å². The van der Waals surface area contributed by atoms with E-state index in [1.807, 2.05) is 0 Å². The van der Waals surface area contributed by atoms with Crippen LogP contribution in [-0.4, -0.2) is 24.7 Å². The second-order valence-electron chi connectivity index (χ2n) is 5.60. The van der Waals surface area contributed by atoms with Crippen molar-refractivity contribution in [3.63, 3.8) is 0 Å². The van der Waals surface area contributed by atoms with Gasteiger partial charge in [-0.05, 0) is 23.3 Å². The maximum atomic E-state index is 2.57. The summed E-state index contributed by atoms with van der Waals surface area (Å²) in [5, 5.41) is 1.20. The van der Waals surface area contributed by atoms with Gasteiger partial charge in [-0.15, -0.1) is 0 Å². The van der Waals surface area contributed by atoms with Gasteiger partial charge in [0.05, 0.1) is 8.07 Å². The summed E-state index contributed by atoms with van der Waals surface area (Å²) >= 11 is 0. The lowest BCUT2D eigenvalue weighted by atomic mass is 9.98. The van der Waals surface area contributed by atoms with Crippen molar-refractivity contribution in [3.05, 3.63) is 12.2 Å². The van der Waals surface area contributed by atoms with Crippen molar-refractivity contribution >= 4 is 16.0 Å². The summed E-state index contributed by atoms with van der Waals surface area (Å²) in [6, 6.07) is 0. The summed E-state index contributed by atoms with van der Waals surface area (Å²) in [5.74, 6) is 1.03. The monoisotopic (exact) mass is 196 g/mol.